The number of ether oxygens (including phenoxy) is 1. The first-order chi connectivity index (χ1) is 13.0. The second-order valence-electron chi connectivity index (χ2n) is 6.24. The van der Waals surface area contributed by atoms with Crippen LogP contribution in [0.5, 0.6) is 5.75 Å². The van der Waals surface area contributed by atoms with E-state index in [1.807, 2.05) is 12.1 Å². The molecule has 2 heterocycles. The molecule has 1 aromatic heterocycles. The third-order valence-corrected chi connectivity index (χ3v) is 6.31. The van der Waals surface area contributed by atoms with Crippen molar-refractivity contribution in [3.8, 4) is 5.75 Å². The van der Waals surface area contributed by atoms with E-state index in [1.54, 1.807) is 31.5 Å². The molecule has 0 spiro atoms. The molecule has 8 heteroatoms. The van der Waals surface area contributed by atoms with Crippen LogP contribution in [0.4, 0.5) is 0 Å². The summed E-state index contributed by atoms with van der Waals surface area (Å²) in [6.07, 6.45) is 4.99. The van der Waals surface area contributed by atoms with Crippen LogP contribution in [-0.2, 0) is 16.6 Å². The molecule has 27 heavy (non-hydrogen) atoms. The second-order valence-corrected chi connectivity index (χ2v) is 8.15. The molecule has 3 rings (SSSR count). The molecule has 1 N–H and O–H groups in total. The van der Waals surface area contributed by atoms with E-state index in [2.05, 4.69) is 10.3 Å². The standard InChI is InChI=1S/C19H23N3O4S/c1-2-26-17-6-5-16(19(23)21-14-15-7-9-20-10-8-15)13-18(17)27(24,25)22-11-3-4-12-22/h5-10,13H,2-4,11-12,14H2,1H3,(H,21,23). The molecule has 0 bridgehead atoms. The Morgan fingerprint density at radius 1 is 1.19 bits per heavy atom. The van der Waals surface area contributed by atoms with Gasteiger partial charge in [-0.2, -0.15) is 4.31 Å². The van der Waals surface area contributed by atoms with Gasteiger partial charge in [0.05, 0.1) is 6.61 Å². The highest BCUT2D eigenvalue weighted by molar-refractivity contribution is 7.89. The Morgan fingerprint density at radius 2 is 1.89 bits per heavy atom. The molecule has 0 atom stereocenters. The van der Waals surface area contributed by atoms with Gasteiger partial charge in [0, 0.05) is 37.6 Å². The van der Waals surface area contributed by atoms with E-state index in [-0.39, 0.29) is 22.1 Å². The van der Waals surface area contributed by atoms with Crippen molar-refractivity contribution in [3.63, 3.8) is 0 Å². The van der Waals surface area contributed by atoms with Gasteiger partial charge in [-0.1, -0.05) is 0 Å². The Bertz CT molecular complexity index is 894. The summed E-state index contributed by atoms with van der Waals surface area (Å²) in [6.45, 7) is 3.46. The van der Waals surface area contributed by atoms with Crippen LogP contribution in [0.25, 0.3) is 0 Å². The van der Waals surface area contributed by atoms with Crippen LogP contribution in [0.2, 0.25) is 0 Å². The summed E-state index contributed by atoms with van der Waals surface area (Å²) in [7, 11) is -3.69. The topological polar surface area (TPSA) is 88.6 Å². The lowest BCUT2D eigenvalue weighted by molar-refractivity contribution is 0.0950. The van der Waals surface area contributed by atoms with Gasteiger partial charge >= 0.3 is 0 Å². The number of pyridine rings is 1. The van der Waals surface area contributed by atoms with E-state index in [9.17, 15) is 13.2 Å². The van der Waals surface area contributed by atoms with Crippen molar-refractivity contribution in [1.29, 1.82) is 0 Å². The highest BCUT2D eigenvalue weighted by Gasteiger charge is 2.30. The molecule has 0 saturated carbocycles. The van der Waals surface area contributed by atoms with E-state index in [0.29, 0.717) is 26.2 Å². The molecule has 7 nitrogen and oxygen atoms in total. The summed E-state index contributed by atoms with van der Waals surface area (Å²) in [5, 5.41) is 2.80. The smallest absolute Gasteiger partial charge is 0.251 e. The van der Waals surface area contributed by atoms with Gasteiger partial charge in [0.1, 0.15) is 10.6 Å². The van der Waals surface area contributed by atoms with Crippen LogP contribution in [0, 0.1) is 0 Å². The van der Waals surface area contributed by atoms with Crippen LogP contribution in [0.15, 0.2) is 47.6 Å². The number of hydrogen-bond acceptors (Lipinski definition) is 5. The first-order valence-electron chi connectivity index (χ1n) is 8.96. The van der Waals surface area contributed by atoms with Gasteiger partial charge in [-0.05, 0) is 55.7 Å². The van der Waals surface area contributed by atoms with Crippen molar-refractivity contribution in [3.05, 3.63) is 53.9 Å². The van der Waals surface area contributed by atoms with Crippen molar-refractivity contribution in [1.82, 2.24) is 14.6 Å². The zero-order valence-electron chi connectivity index (χ0n) is 15.2. The maximum Gasteiger partial charge on any atom is 0.251 e. The van der Waals surface area contributed by atoms with Gasteiger partial charge in [-0.15, -0.1) is 0 Å². The fraction of sp³-hybridized carbons (Fsp3) is 0.368. The lowest BCUT2D eigenvalue weighted by atomic mass is 10.2. The van der Waals surface area contributed by atoms with E-state index in [0.717, 1.165) is 18.4 Å². The van der Waals surface area contributed by atoms with Crippen LogP contribution in [0.3, 0.4) is 0 Å². The third-order valence-electron chi connectivity index (χ3n) is 4.39. The number of hydrogen-bond donors (Lipinski definition) is 1. The average Bonchev–Trinajstić information content (AvgIpc) is 3.23. The fourth-order valence-electron chi connectivity index (χ4n) is 2.98. The quantitative estimate of drug-likeness (QED) is 0.784. The molecule has 1 aliphatic heterocycles. The van der Waals surface area contributed by atoms with Crippen LogP contribution in [-0.4, -0.2) is 43.3 Å². The van der Waals surface area contributed by atoms with Gasteiger partial charge < -0.3 is 10.1 Å². The Hall–Kier alpha value is -2.45. The summed E-state index contributed by atoms with van der Waals surface area (Å²) in [5.74, 6) is -0.0668. The first-order valence-corrected chi connectivity index (χ1v) is 10.4. The molecule has 144 valence electrons. The average molecular weight is 389 g/mol. The minimum Gasteiger partial charge on any atom is -0.492 e. The Labute approximate surface area is 159 Å². The van der Waals surface area contributed by atoms with E-state index in [4.69, 9.17) is 4.74 Å². The largest absolute Gasteiger partial charge is 0.492 e. The third kappa shape index (κ3) is 4.45. The van der Waals surface area contributed by atoms with E-state index < -0.39 is 10.0 Å². The summed E-state index contributed by atoms with van der Waals surface area (Å²) >= 11 is 0. The molecular formula is C19H23N3O4S. The zero-order chi connectivity index (χ0) is 19.3. The molecule has 1 saturated heterocycles. The molecular weight excluding hydrogens is 366 g/mol. The van der Waals surface area contributed by atoms with Crippen molar-refractivity contribution in [2.45, 2.75) is 31.2 Å². The number of sulfonamides is 1. The maximum absolute atomic E-state index is 13.0. The predicted molar refractivity (Wildman–Crippen MR) is 101 cm³/mol. The molecule has 1 amide bonds. The van der Waals surface area contributed by atoms with Gasteiger partial charge in [-0.3, -0.25) is 9.78 Å². The Morgan fingerprint density at radius 3 is 2.56 bits per heavy atom. The highest BCUT2D eigenvalue weighted by atomic mass is 32.2. The molecule has 2 aromatic rings. The number of benzene rings is 1. The molecule has 1 aliphatic rings. The zero-order valence-corrected chi connectivity index (χ0v) is 16.0. The van der Waals surface area contributed by atoms with Crippen molar-refractivity contribution in [2.24, 2.45) is 0 Å². The van der Waals surface area contributed by atoms with Crippen LogP contribution in [0.1, 0.15) is 35.7 Å². The van der Waals surface area contributed by atoms with E-state index in [1.165, 1.54) is 10.4 Å². The monoisotopic (exact) mass is 389 g/mol. The van der Waals surface area contributed by atoms with Crippen molar-refractivity contribution in [2.75, 3.05) is 19.7 Å². The highest BCUT2D eigenvalue weighted by Crippen LogP contribution is 2.30. The Kier molecular flexibility index (Phi) is 6.08. The SMILES string of the molecule is CCOc1ccc(C(=O)NCc2ccncc2)cc1S(=O)(=O)N1CCCC1. The number of amides is 1. The maximum atomic E-state index is 13.0. The van der Waals surface area contributed by atoms with Gasteiger partial charge in [0.2, 0.25) is 10.0 Å². The molecule has 0 radical (unpaired) electrons. The van der Waals surface area contributed by atoms with Crippen molar-refractivity contribution < 1.29 is 17.9 Å². The van der Waals surface area contributed by atoms with E-state index >= 15 is 0 Å². The number of rotatable bonds is 7. The second kappa shape index (κ2) is 8.49. The minimum absolute atomic E-state index is 0.0443. The molecule has 1 fully saturated rings. The number of nitrogens with one attached hydrogen (secondary N) is 1. The first kappa shape index (κ1) is 19.3. The van der Waals surface area contributed by atoms with Gasteiger partial charge in [-0.25, -0.2) is 8.42 Å². The summed E-state index contributed by atoms with van der Waals surface area (Å²) < 4.78 is 32.9. The number of nitrogens with zero attached hydrogens (tertiary/aromatic N) is 2. The lowest BCUT2D eigenvalue weighted by Crippen LogP contribution is -2.29. The summed E-state index contributed by atoms with van der Waals surface area (Å²) in [4.78, 5) is 16.5. The number of carbonyl (C=O) groups excluding carboxylic acids is 1. The normalized spacial score (nSPS) is 14.9. The minimum atomic E-state index is -3.69. The number of aromatic nitrogens is 1. The summed E-state index contributed by atoms with van der Waals surface area (Å²) in [6, 6.07) is 8.15. The predicted octanol–water partition coefficient (Wildman–Crippen LogP) is 2.19. The summed E-state index contributed by atoms with van der Waals surface area (Å²) in [5.41, 5.74) is 1.19. The van der Waals surface area contributed by atoms with Crippen LogP contribution >= 0.6 is 0 Å². The molecule has 1 aromatic carbocycles. The van der Waals surface area contributed by atoms with Crippen LogP contribution < -0.4 is 10.1 Å². The molecule has 0 unspecified atom stereocenters. The lowest BCUT2D eigenvalue weighted by Gasteiger charge is -2.19. The van der Waals surface area contributed by atoms with Gasteiger partial charge in [0.25, 0.3) is 5.91 Å². The van der Waals surface area contributed by atoms with Gasteiger partial charge in [0.15, 0.2) is 0 Å². The number of carbonyl (C=O) groups is 1. The fourth-order valence-corrected chi connectivity index (χ4v) is 4.65. The van der Waals surface area contributed by atoms with Crippen molar-refractivity contribution >= 4 is 15.9 Å². The molecule has 0 aliphatic carbocycles. The Balaban J connectivity index is 1.85.